The van der Waals surface area contributed by atoms with Crippen LogP contribution in [0.3, 0.4) is 0 Å². The Balaban J connectivity index is 1.98. The third kappa shape index (κ3) is 3.81. The van der Waals surface area contributed by atoms with E-state index < -0.39 is 11.7 Å². The first kappa shape index (κ1) is 14.6. The van der Waals surface area contributed by atoms with Crippen molar-refractivity contribution in [2.24, 2.45) is 5.92 Å². The number of halogens is 4. The van der Waals surface area contributed by atoms with E-state index in [9.17, 15) is 18.0 Å². The fraction of sp³-hybridized carbons (Fsp3) is 0.500. The molecule has 0 amide bonds. The standard InChI is InChI=1S/C14H14BrF3O/c15-11-2-1-10(12(16)8-11)7-13(19)9-3-5-14(17,18)6-4-9/h1-2,8-9H,3-7H2. The van der Waals surface area contributed by atoms with Gasteiger partial charge in [0.05, 0.1) is 0 Å². The van der Waals surface area contributed by atoms with Crippen LogP contribution in [0.4, 0.5) is 13.2 Å². The Labute approximate surface area is 118 Å². The molecule has 0 unspecified atom stereocenters. The Bertz CT molecular complexity index is 478. The molecule has 5 heteroatoms. The van der Waals surface area contributed by atoms with E-state index in [2.05, 4.69) is 15.9 Å². The van der Waals surface area contributed by atoms with Crippen molar-refractivity contribution in [2.75, 3.05) is 0 Å². The third-order valence-electron chi connectivity index (χ3n) is 3.55. The van der Waals surface area contributed by atoms with E-state index in [0.717, 1.165) is 0 Å². The average molecular weight is 335 g/mol. The molecule has 0 N–H and O–H groups in total. The zero-order chi connectivity index (χ0) is 14.0. The van der Waals surface area contributed by atoms with Crippen molar-refractivity contribution >= 4 is 21.7 Å². The molecule has 104 valence electrons. The number of ketones is 1. The summed E-state index contributed by atoms with van der Waals surface area (Å²) in [5.74, 6) is -3.58. The van der Waals surface area contributed by atoms with Crippen LogP contribution in [0.25, 0.3) is 0 Å². The minimum Gasteiger partial charge on any atom is -0.299 e. The maximum Gasteiger partial charge on any atom is 0.248 e. The number of carbonyl (C=O) groups excluding carboxylic acids is 1. The molecule has 0 aliphatic heterocycles. The van der Waals surface area contributed by atoms with Crippen LogP contribution >= 0.6 is 15.9 Å². The highest BCUT2D eigenvalue weighted by molar-refractivity contribution is 9.10. The van der Waals surface area contributed by atoms with Crippen molar-refractivity contribution < 1.29 is 18.0 Å². The summed E-state index contributed by atoms with van der Waals surface area (Å²) in [4.78, 5) is 12.0. The van der Waals surface area contributed by atoms with Gasteiger partial charge in [0.25, 0.3) is 0 Å². The fourth-order valence-electron chi connectivity index (χ4n) is 2.36. The summed E-state index contributed by atoms with van der Waals surface area (Å²) >= 11 is 3.14. The van der Waals surface area contributed by atoms with Gasteiger partial charge in [-0.3, -0.25) is 4.79 Å². The molecular weight excluding hydrogens is 321 g/mol. The zero-order valence-electron chi connectivity index (χ0n) is 10.3. The van der Waals surface area contributed by atoms with E-state index in [4.69, 9.17) is 0 Å². The van der Waals surface area contributed by atoms with Gasteiger partial charge < -0.3 is 0 Å². The van der Waals surface area contributed by atoms with Crippen LogP contribution < -0.4 is 0 Å². The summed E-state index contributed by atoms with van der Waals surface area (Å²) in [7, 11) is 0. The Morgan fingerprint density at radius 1 is 1.32 bits per heavy atom. The molecule has 1 aliphatic rings. The van der Waals surface area contributed by atoms with E-state index in [0.29, 0.717) is 10.0 Å². The van der Waals surface area contributed by atoms with Gasteiger partial charge in [0.1, 0.15) is 11.6 Å². The smallest absolute Gasteiger partial charge is 0.248 e. The molecular formula is C14H14BrF3O. The van der Waals surface area contributed by atoms with E-state index >= 15 is 0 Å². The molecule has 1 fully saturated rings. The molecule has 0 atom stereocenters. The monoisotopic (exact) mass is 334 g/mol. The number of Topliss-reactive ketones (excluding diaryl/α,β-unsaturated/α-hetero) is 1. The molecule has 0 spiro atoms. The van der Waals surface area contributed by atoms with E-state index in [-0.39, 0.29) is 43.8 Å². The lowest BCUT2D eigenvalue weighted by atomic mass is 9.82. The minimum absolute atomic E-state index is 0.0185. The number of hydrogen-bond acceptors (Lipinski definition) is 1. The number of benzene rings is 1. The maximum atomic E-state index is 13.6. The van der Waals surface area contributed by atoms with Crippen LogP contribution in [0, 0.1) is 11.7 Å². The van der Waals surface area contributed by atoms with E-state index in [1.54, 1.807) is 12.1 Å². The van der Waals surface area contributed by atoms with Crippen molar-refractivity contribution in [1.29, 1.82) is 0 Å². The largest absolute Gasteiger partial charge is 0.299 e. The second-order valence-electron chi connectivity index (χ2n) is 5.01. The zero-order valence-corrected chi connectivity index (χ0v) is 11.9. The number of carbonyl (C=O) groups is 1. The Hall–Kier alpha value is -0.840. The van der Waals surface area contributed by atoms with Gasteiger partial charge in [0.15, 0.2) is 0 Å². The van der Waals surface area contributed by atoms with Gasteiger partial charge in [-0.2, -0.15) is 0 Å². The van der Waals surface area contributed by atoms with Crippen LogP contribution in [-0.4, -0.2) is 11.7 Å². The first-order valence-corrected chi connectivity index (χ1v) is 7.01. The van der Waals surface area contributed by atoms with Gasteiger partial charge in [-0.25, -0.2) is 13.2 Å². The lowest BCUT2D eigenvalue weighted by molar-refractivity contribution is -0.126. The molecule has 1 aromatic rings. The number of alkyl halides is 2. The molecule has 0 saturated heterocycles. The van der Waals surface area contributed by atoms with Crippen molar-refractivity contribution in [3.63, 3.8) is 0 Å². The summed E-state index contributed by atoms with van der Waals surface area (Å²) in [6, 6.07) is 4.52. The van der Waals surface area contributed by atoms with E-state index in [1.165, 1.54) is 6.07 Å². The van der Waals surface area contributed by atoms with Gasteiger partial charge in [-0.15, -0.1) is 0 Å². The summed E-state index contributed by atoms with van der Waals surface area (Å²) in [5, 5.41) is 0. The average Bonchev–Trinajstić information content (AvgIpc) is 2.32. The van der Waals surface area contributed by atoms with E-state index in [1.807, 2.05) is 0 Å². The molecule has 1 saturated carbocycles. The second-order valence-corrected chi connectivity index (χ2v) is 5.92. The number of rotatable bonds is 3. The molecule has 2 rings (SSSR count). The van der Waals surface area contributed by atoms with Gasteiger partial charge in [-0.05, 0) is 30.5 Å². The van der Waals surface area contributed by atoms with Gasteiger partial charge in [-0.1, -0.05) is 22.0 Å². The normalized spacial score (nSPS) is 19.4. The molecule has 1 aliphatic carbocycles. The summed E-state index contributed by atoms with van der Waals surface area (Å²) in [5.41, 5.74) is 0.325. The first-order chi connectivity index (χ1) is 8.87. The van der Waals surface area contributed by atoms with Crippen LogP contribution in [0.1, 0.15) is 31.2 Å². The molecule has 1 aromatic carbocycles. The predicted octanol–water partition coefficient (Wildman–Crippen LogP) is 4.53. The first-order valence-electron chi connectivity index (χ1n) is 6.22. The lowest BCUT2D eigenvalue weighted by Gasteiger charge is -2.27. The predicted molar refractivity (Wildman–Crippen MR) is 69.7 cm³/mol. The second kappa shape index (κ2) is 5.65. The summed E-state index contributed by atoms with van der Waals surface area (Å²) < 4.78 is 40.2. The van der Waals surface area contributed by atoms with Crippen LogP contribution in [0.2, 0.25) is 0 Å². The summed E-state index contributed by atoms with van der Waals surface area (Å²) in [6.45, 7) is 0. The number of hydrogen-bond donors (Lipinski definition) is 0. The SMILES string of the molecule is O=C(Cc1ccc(Br)cc1F)C1CCC(F)(F)CC1. The molecule has 0 bridgehead atoms. The molecule has 1 nitrogen and oxygen atoms in total. The lowest BCUT2D eigenvalue weighted by Crippen LogP contribution is -2.29. The molecule has 0 radical (unpaired) electrons. The highest BCUT2D eigenvalue weighted by Gasteiger charge is 2.37. The topological polar surface area (TPSA) is 17.1 Å². The molecule has 19 heavy (non-hydrogen) atoms. The summed E-state index contributed by atoms with van der Waals surface area (Å²) in [6.07, 6.45) is -0.109. The molecule has 0 heterocycles. The van der Waals surface area contributed by atoms with Crippen molar-refractivity contribution in [3.05, 3.63) is 34.1 Å². The minimum atomic E-state index is -2.64. The van der Waals surface area contributed by atoms with Gasteiger partial charge in [0.2, 0.25) is 5.92 Å². The van der Waals surface area contributed by atoms with Gasteiger partial charge in [0, 0.05) is 29.7 Å². The highest BCUT2D eigenvalue weighted by Crippen LogP contribution is 2.36. The molecule has 0 aromatic heterocycles. The van der Waals surface area contributed by atoms with Crippen molar-refractivity contribution in [2.45, 2.75) is 38.0 Å². The van der Waals surface area contributed by atoms with Crippen molar-refractivity contribution in [3.8, 4) is 0 Å². The Morgan fingerprint density at radius 2 is 1.95 bits per heavy atom. The van der Waals surface area contributed by atoms with Crippen LogP contribution in [-0.2, 0) is 11.2 Å². The van der Waals surface area contributed by atoms with Crippen LogP contribution in [0.5, 0.6) is 0 Å². The van der Waals surface area contributed by atoms with Crippen LogP contribution in [0.15, 0.2) is 22.7 Å². The quantitative estimate of drug-likeness (QED) is 0.793. The maximum absolute atomic E-state index is 13.6. The Morgan fingerprint density at radius 3 is 2.53 bits per heavy atom. The Kier molecular flexibility index (Phi) is 4.33. The third-order valence-corrected chi connectivity index (χ3v) is 4.05. The van der Waals surface area contributed by atoms with Crippen molar-refractivity contribution in [1.82, 2.24) is 0 Å². The fourth-order valence-corrected chi connectivity index (χ4v) is 2.69. The highest BCUT2D eigenvalue weighted by atomic mass is 79.9. The van der Waals surface area contributed by atoms with Gasteiger partial charge >= 0.3 is 0 Å².